The number of benzene rings is 1. The monoisotopic (exact) mass is 407 g/mol. The lowest BCUT2D eigenvalue weighted by molar-refractivity contribution is 0.0932. The largest absolute Gasteiger partial charge is 0.348 e. The van der Waals surface area contributed by atoms with Crippen LogP contribution >= 0.6 is 23.7 Å². The van der Waals surface area contributed by atoms with E-state index in [1.807, 2.05) is 29.6 Å². The molecular formula is C20H26ClN3O2S. The van der Waals surface area contributed by atoms with Gasteiger partial charge in [-0.3, -0.25) is 9.59 Å². The third kappa shape index (κ3) is 5.54. The highest BCUT2D eigenvalue weighted by Gasteiger charge is 2.20. The van der Waals surface area contributed by atoms with Crippen LogP contribution in [0.25, 0.3) is 0 Å². The van der Waals surface area contributed by atoms with Crippen molar-refractivity contribution in [3.63, 3.8) is 0 Å². The van der Waals surface area contributed by atoms with Gasteiger partial charge in [-0.15, -0.1) is 23.7 Å². The van der Waals surface area contributed by atoms with E-state index in [0.717, 1.165) is 25.9 Å². The van der Waals surface area contributed by atoms with Crippen molar-refractivity contribution in [3.8, 4) is 0 Å². The van der Waals surface area contributed by atoms with Crippen molar-refractivity contribution in [1.82, 2.24) is 10.6 Å². The summed E-state index contributed by atoms with van der Waals surface area (Å²) in [4.78, 5) is 25.1. The molecule has 0 radical (unpaired) electrons. The Morgan fingerprint density at radius 1 is 1.15 bits per heavy atom. The summed E-state index contributed by atoms with van der Waals surface area (Å²) in [5.74, 6) is 0.0931. The second-order valence-electron chi connectivity index (χ2n) is 6.91. The number of anilines is 1. The van der Waals surface area contributed by atoms with Gasteiger partial charge < -0.3 is 16.0 Å². The first kappa shape index (κ1) is 21.4. The number of carbonyl (C=O) groups excluding carboxylic acids is 2. The van der Waals surface area contributed by atoms with Crippen LogP contribution in [-0.2, 0) is 0 Å². The van der Waals surface area contributed by atoms with Gasteiger partial charge in [-0.2, -0.15) is 0 Å². The standard InChI is InChI=1S/C20H25N3O2S.ClH/c1-13(2)14-5-7-15(8-6-14)18(24)23-20-17(9-11-26-20)19(25)22-16-4-3-10-21-12-16;/h5-9,11,13,16,21H,3-4,10,12H2,1-2H3,(H,22,25)(H,23,24);1H/t16-;/m0./s1. The van der Waals surface area contributed by atoms with Gasteiger partial charge >= 0.3 is 0 Å². The van der Waals surface area contributed by atoms with E-state index >= 15 is 0 Å². The van der Waals surface area contributed by atoms with Gasteiger partial charge in [0.1, 0.15) is 5.00 Å². The van der Waals surface area contributed by atoms with Crippen LogP contribution in [0.4, 0.5) is 5.00 Å². The van der Waals surface area contributed by atoms with Gasteiger partial charge in [0, 0.05) is 18.2 Å². The fourth-order valence-corrected chi connectivity index (χ4v) is 3.80. The lowest BCUT2D eigenvalue weighted by Crippen LogP contribution is -2.45. The maximum absolute atomic E-state index is 12.5. The molecule has 1 saturated heterocycles. The minimum absolute atomic E-state index is 0. The van der Waals surface area contributed by atoms with Crippen molar-refractivity contribution >= 4 is 40.6 Å². The number of hydrogen-bond donors (Lipinski definition) is 3. The maximum atomic E-state index is 12.5. The number of hydrogen-bond acceptors (Lipinski definition) is 4. The van der Waals surface area contributed by atoms with Gasteiger partial charge in [0.05, 0.1) is 5.56 Å². The zero-order valence-corrected chi connectivity index (χ0v) is 17.2. The Morgan fingerprint density at radius 3 is 2.52 bits per heavy atom. The topological polar surface area (TPSA) is 70.2 Å². The van der Waals surface area contributed by atoms with Crippen molar-refractivity contribution in [3.05, 3.63) is 52.4 Å². The Hall–Kier alpha value is -1.89. The van der Waals surface area contributed by atoms with E-state index in [9.17, 15) is 9.59 Å². The molecule has 1 atom stereocenters. The van der Waals surface area contributed by atoms with E-state index in [0.29, 0.717) is 22.0 Å². The number of carbonyl (C=O) groups is 2. The van der Waals surface area contributed by atoms with Crippen LogP contribution in [0.5, 0.6) is 0 Å². The zero-order chi connectivity index (χ0) is 18.5. The van der Waals surface area contributed by atoms with Gasteiger partial charge in [0.2, 0.25) is 0 Å². The van der Waals surface area contributed by atoms with Gasteiger partial charge in [0.25, 0.3) is 11.8 Å². The van der Waals surface area contributed by atoms with E-state index < -0.39 is 0 Å². The van der Waals surface area contributed by atoms with Crippen LogP contribution in [0, 0.1) is 0 Å². The van der Waals surface area contributed by atoms with Gasteiger partial charge in [-0.05, 0) is 54.4 Å². The highest BCUT2D eigenvalue weighted by Crippen LogP contribution is 2.24. The van der Waals surface area contributed by atoms with E-state index in [1.165, 1.54) is 16.9 Å². The van der Waals surface area contributed by atoms with E-state index in [1.54, 1.807) is 6.07 Å². The molecule has 0 unspecified atom stereocenters. The van der Waals surface area contributed by atoms with Gasteiger partial charge in [-0.25, -0.2) is 0 Å². The minimum Gasteiger partial charge on any atom is -0.348 e. The summed E-state index contributed by atoms with van der Waals surface area (Å²) in [6.45, 7) is 6.03. The average Bonchev–Trinajstić information content (AvgIpc) is 3.11. The van der Waals surface area contributed by atoms with Gasteiger partial charge in [-0.1, -0.05) is 26.0 Å². The van der Waals surface area contributed by atoms with Crippen molar-refractivity contribution < 1.29 is 9.59 Å². The normalized spacial score (nSPS) is 16.5. The molecule has 7 heteroatoms. The molecule has 1 aliphatic heterocycles. The second kappa shape index (κ2) is 9.88. The van der Waals surface area contributed by atoms with Crippen LogP contribution in [0.3, 0.4) is 0 Å². The smallest absolute Gasteiger partial charge is 0.256 e. The summed E-state index contributed by atoms with van der Waals surface area (Å²) in [5, 5.41) is 11.6. The van der Waals surface area contributed by atoms with Crippen molar-refractivity contribution in [1.29, 1.82) is 0 Å². The molecule has 0 spiro atoms. The van der Waals surface area contributed by atoms with E-state index in [4.69, 9.17) is 0 Å². The second-order valence-corrected chi connectivity index (χ2v) is 7.83. The Bertz CT molecular complexity index is 768. The fraction of sp³-hybridized carbons (Fsp3) is 0.400. The number of piperidine rings is 1. The fourth-order valence-electron chi connectivity index (χ4n) is 3.02. The highest BCUT2D eigenvalue weighted by molar-refractivity contribution is 7.14. The Morgan fingerprint density at radius 2 is 1.89 bits per heavy atom. The first-order chi connectivity index (χ1) is 12.5. The molecule has 3 rings (SSSR count). The predicted molar refractivity (Wildman–Crippen MR) is 113 cm³/mol. The first-order valence-corrected chi connectivity index (χ1v) is 9.93. The Labute approximate surface area is 170 Å². The summed E-state index contributed by atoms with van der Waals surface area (Å²) >= 11 is 1.36. The molecule has 146 valence electrons. The molecule has 1 fully saturated rings. The zero-order valence-electron chi connectivity index (χ0n) is 15.6. The molecule has 0 aliphatic carbocycles. The third-order valence-corrected chi connectivity index (χ3v) is 5.44. The number of halogens is 1. The lowest BCUT2D eigenvalue weighted by Gasteiger charge is -2.23. The molecule has 27 heavy (non-hydrogen) atoms. The number of nitrogens with one attached hydrogen (secondary N) is 3. The van der Waals surface area contributed by atoms with Crippen LogP contribution in [0.1, 0.15) is 58.9 Å². The summed E-state index contributed by atoms with van der Waals surface area (Å²) in [6, 6.07) is 9.49. The predicted octanol–water partition coefficient (Wildman–Crippen LogP) is 4.03. The maximum Gasteiger partial charge on any atom is 0.256 e. The number of thiophene rings is 1. The third-order valence-electron chi connectivity index (χ3n) is 4.61. The molecule has 1 aromatic carbocycles. The first-order valence-electron chi connectivity index (χ1n) is 9.05. The lowest BCUT2D eigenvalue weighted by atomic mass is 10.0. The van der Waals surface area contributed by atoms with Crippen LogP contribution in [-0.4, -0.2) is 30.9 Å². The quantitative estimate of drug-likeness (QED) is 0.700. The summed E-state index contributed by atoms with van der Waals surface area (Å²) in [5.41, 5.74) is 2.30. The summed E-state index contributed by atoms with van der Waals surface area (Å²) in [7, 11) is 0. The molecule has 0 saturated carbocycles. The molecule has 1 aromatic heterocycles. The molecule has 3 N–H and O–H groups in total. The summed E-state index contributed by atoms with van der Waals surface area (Å²) < 4.78 is 0. The highest BCUT2D eigenvalue weighted by atomic mass is 35.5. The molecule has 5 nitrogen and oxygen atoms in total. The molecule has 1 aliphatic rings. The van der Waals surface area contributed by atoms with E-state index in [-0.39, 0.29) is 30.3 Å². The molecular weight excluding hydrogens is 382 g/mol. The van der Waals surface area contributed by atoms with E-state index in [2.05, 4.69) is 29.8 Å². The van der Waals surface area contributed by atoms with Crippen LogP contribution < -0.4 is 16.0 Å². The van der Waals surface area contributed by atoms with Crippen molar-refractivity contribution in [2.75, 3.05) is 18.4 Å². The molecule has 2 amide bonds. The minimum atomic E-state index is -0.198. The van der Waals surface area contributed by atoms with Crippen molar-refractivity contribution in [2.24, 2.45) is 0 Å². The Balaban J connectivity index is 0.00000261. The SMILES string of the molecule is CC(C)c1ccc(C(=O)Nc2sccc2C(=O)N[C@H]2CCCNC2)cc1.Cl. The molecule has 0 bridgehead atoms. The van der Waals surface area contributed by atoms with Gasteiger partial charge in [0.15, 0.2) is 0 Å². The van der Waals surface area contributed by atoms with Crippen LogP contribution in [0.15, 0.2) is 35.7 Å². The average molecular weight is 408 g/mol. The number of amides is 2. The molecule has 2 heterocycles. The number of rotatable bonds is 5. The Kier molecular flexibility index (Phi) is 7.83. The van der Waals surface area contributed by atoms with Crippen molar-refractivity contribution in [2.45, 2.75) is 38.6 Å². The van der Waals surface area contributed by atoms with Crippen LogP contribution in [0.2, 0.25) is 0 Å². The molecule has 2 aromatic rings. The summed E-state index contributed by atoms with van der Waals surface area (Å²) in [6.07, 6.45) is 2.04.